The molecule has 3 N–H and O–H groups in total. The highest BCUT2D eigenvalue weighted by Crippen LogP contribution is 2.29. The fourth-order valence-electron chi connectivity index (χ4n) is 2.65. The molecule has 0 radical (unpaired) electrons. The molecule has 5 nitrogen and oxygen atoms in total. The number of halogens is 2. The number of hydrogen-bond donors (Lipinski definition) is 3. The minimum absolute atomic E-state index is 0.0115. The molecule has 0 fully saturated rings. The summed E-state index contributed by atoms with van der Waals surface area (Å²) in [6.07, 6.45) is 0. The molecular formula is C21H22Cl2N4O. The first-order valence-corrected chi connectivity index (χ1v) is 9.76. The van der Waals surface area contributed by atoms with Crippen LogP contribution in [0.5, 0.6) is 0 Å². The number of rotatable bonds is 7. The van der Waals surface area contributed by atoms with Gasteiger partial charge in [0.05, 0.1) is 29.1 Å². The van der Waals surface area contributed by atoms with Crippen LogP contribution in [0.1, 0.15) is 13.8 Å². The Bertz CT molecular complexity index is 935. The summed E-state index contributed by atoms with van der Waals surface area (Å²) in [5.74, 6) is 1.24. The molecule has 0 amide bonds. The Morgan fingerprint density at radius 1 is 1.00 bits per heavy atom. The Hall–Kier alpha value is -2.34. The van der Waals surface area contributed by atoms with Crippen LogP contribution >= 0.6 is 23.2 Å². The van der Waals surface area contributed by atoms with Crippen LogP contribution in [0.25, 0.3) is 11.3 Å². The van der Waals surface area contributed by atoms with E-state index >= 15 is 0 Å². The van der Waals surface area contributed by atoms with E-state index in [9.17, 15) is 5.11 Å². The Labute approximate surface area is 174 Å². The second-order valence-electron chi connectivity index (χ2n) is 6.75. The average Bonchev–Trinajstić information content (AvgIpc) is 2.68. The molecule has 0 unspecified atom stereocenters. The van der Waals surface area contributed by atoms with Crippen molar-refractivity contribution in [3.63, 3.8) is 0 Å². The van der Waals surface area contributed by atoms with Crippen LogP contribution < -0.4 is 10.6 Å². The number of nitrogens with zero attached hydrogens (tertiary/aromatic N) is 2. The molecule has 0 spiro atoms. The number of anilines is 3. The minimum Gasteiger partial charge on any atom is -0.394 e. The molecular weight excluding hydrogens is 395 g/mol. The number of benzene rings is 2. The van der Waals surface area contributed by atoms with Gasteiger partial charge in [-0.15, -0.1) is 0 Å². The van der Waals surface area contributed by atoms with Gasteiger partial charge in [-0.1, -0.05) is 67.4 Å². The van der Waals surface area contributed by atoms with E-state index < -0.39 is 0 Å². The molecule has 0 saturated carbocycles. The molecule has 0 bridgehead atoms. The lowest BCUT2D eigenvalue weighted by atomic mass is 10.1. The van der Waals surface area contributed by atoms with Crippen molar-refractivity contribution in [1.29, 1.82) is 0 Å². The maximum absolute atomic E-state index is 9.65. The van der Waals surface area contributed by atoms with Crippen LogP contribution in [0.15, 0.2) is 54.6 Å². The molecule has 0 aliphatic carbocycles. The highest BCUT2D eigenvalue weighted by Gasteiger charge is 2.15. The first kappa shape index (κ1) is 20.4. The van der Waals surface area contributed by atoms with Gasteiger partial charge < -0.3 is 15.7 Å². The maximum atomic E-state index is 9.65. The standard InChI is InChI=1S/C21H22Cl2N4O/c1-13(2)19(12-28)26-21-25-18(14-6-4-3-5-7-14)11-20(27-21)24-17-9-8-15(22)10-16(17)23/h3-11,13,19,28H,12H2,1-2H3,(H2,24,25,26,27)/t19-/m0/s1. The summed E-state index contributed by atoms with van der Waals surface area (Å²) in [5.41, 5.74) is 2.41. The van der Waals surface area contributed by atoms with Gasteiger partial charge in [0.1, 0.15) is 5.82 Å². The Kier molecular flexibility index (Phi) is 6.73. The lowest BCUT2D eigenvalue weighted by Gasteiger charge is -2.21. The topological polar surface area (TPSA) is 70.1 Å². The van der Waals surface area contributed by atoms with E-state index in [2.05, 4.69) is 20.6 Å². The Morgan fingerprint density at radius 3 is 2.39 bits per heavy atom. The number of aliphatic hydroxyl groups is 1. The second-order valence-corrected chi connectivity index (χ2v) is 7.60. The molecule has 0 aliphatic heterocycles. The van der Waals surface area contributed by atoms with E-state index in [4.69, 9.17) is 23.2 Å². The quantitative estimate of drug-likeness (QED) is 0.465. The van der Waals surface area contributed by atoms with Crippen LogP contribution in [-0.2, 0) is 0 Å². The summed E-state index contributed by atoms with van der Waals surface area (Å²) in [4.78, 5) is 9.18. The predicted octanol–water partition coefficient (Wildman–Crippen LogP) is 5.62. The van der Waals surface area contributed by atoms with Crippen LogP contribution in [0.3, 0.4) is 0 Å². The first-order chi connectivity index (χ1) is 13.5. The van der Waals surface area contributed by atoms with E-state index in [1.165, 1.54) is 0 Å². The van der Waals surface area contributed by atoms with E-state index in [1.54, 1.807) is 18.2 Å². The minimum atomic E-state index is -0.155. The van der Waals surface area contributed by atoms with Crippen molar-refractivity contribution >= 4 is 40.7 Å². The summed E-state index contributed by atoms with van der Waals surface area (Å²) in [5, 5.41) is 17.2. The fourth-order valence-corrected chi connectivity index (χ4v) is 3.11. The van der Waals surface area contributed by atoms with Crippen molar-refractivity contribution in [2.24, 2.45) is 5.92 Å². The number of nitrogens with one attached hydrogen (secondary N) is 2. The smallest absolute Gasteiger partial charge is 0.225 e. The lowest BCUT2D eigenvalue weighted by molar-refractivity contribution is 0.248. The van der Waals surface area contributed by atoms with Gasteiger partial charge in [0.25, 0.3) is 0 Å². The van der Waals surface area contributed by atoms with E-state index in [0.717, 1.165) is 11.3 Å². The number of aromatic nitrogens is 2. The van der Waals surface area contributed by atoms with Crippen molar-refractivity contribution in [2.75, 3.05) is 17.2 Å². The van der Waals surface area contributed by atoms with Gasteiger partial charge in [0, 0.05) is 16.7 Å². The Morgan fingerprint density at radius 2 is 1.75 bits per heavy atom. The third kappa shape index (κ3) is 5.13. The summed E-state index contributed by atoms with van der Waals surface area (Å²) < 4.78 is 0. The first-order valence-electron chi connectivity index (χ1n) is 9.00. The average molecular weight is 417 g/mol. The zero-order valence-corrected chi connectivity index (χ0v) is 17.2. The zero-order chi connectivity index (χ0) is 20.1. The molecule has 0 saturated heterocycles. The molecule has 28 heavy (non-hydrogen) atoms. The fraction of sp³-hybridized carbons (Fsp3) is 0.238. The largest absolute Gasteiger partial charge is 0.394 e. The van der Waals surface area contributed by atoms with Crippen molar-refractivity contribution in [1.82, 2.24) is 9.97 Å². The van der Waals surface area contributed by atoms with E-state index in [0.29, 0.717) is 27.5 Å². The molecule has 0 aliphatic rings. The Balaban J connectivity index is 1.99. The highest BCUT2D eigenvalue weighted by atomic mass is 35.5. The van der Waals surface area contributed by atoms with Crippen molar-refractivity contribution in [3.05, 3.63) is 64.6 Å². The van der Waals surface area contributed by atoms with Gasteiger partial charge >= 0.3 is 0 Å². The van der Waals surface area contributed by atoms with E-state index in [1.807, 2.05) is 50.2 Å². The third-order valence-corrected chi connectivity index (χ3v) is 4.85. The maximum Gasteiger partial charge on any atom is 0.225 e. The van der Waals surface area contributed by atoms with Gasteiger partial charge in [0.15, 0.2) is 0 Å². The predicted molar refractivity (Wildman–Crippen MR) is 117 cm³/mol. The SMILES string of the molecule is CC(C)[C@H](CO)Nc1nc(Nc2ccc(Cl)cc2Cl)cc(-c2ccccc2)n1. The monoisotopic (exact) mass is 416 g/mol. The summed E-state index contributed by atoms with van der Waals surface area (Å²) in [6.45, 7) is 4.05. The highest BCUT2D eigenvalue weighted by molar-refractivity contribution is 6.36. The molecule has 3 rings (SSSR count). The van der Waals surface area contributed by atoms with Gasteiger partial charge in [0.2, 0.25) is 5.95 Å². The summed E-state index contributed by atoms with van der Waals surface area (Å²) in [6, 6.07) is 16.8. The molecule has 3 aromatic rings. The van der Waals surface area contributed by atoms with Gasteiger partial charge in [-0.2, -0.15) is 4.98 Å². The van der Waals surface area contributed by atoms with Crippen LogP contribution in [0.4, 0.5) is 17.5 Å². The number of aliphatic hydroxyl groups excluding tert-OH is 1. The van der Waals surface area contributed by atoms with Gasteiger partial charge in [-0.3, -0.25) is 0 Å². The normalized spacial score (nSPS) is 12.1. The van der Waals surface area contributed by atoms with Gasteiger partial charge in [-0.05, 0) is 24.1 Å². The second kappa shape index (κ2) is 9.24. The number of hydrogen-bond acceptors (Lipinski definition) is 5. The van der Waals surface area contributed by atoms with Crippen molar-refractivity contribution in [3.8, 4) is 11.3 Å². The van der Waals surface area contributed by atoms with E-state index in [-0.39, 0.29) is 18.6 Å². The zero-order valence-electron chi connectivity index (χ0n) is 15.7. The van der Waals surface area contributed by atoms with Crippen molar-refractivity contribution < 1.29 is 5.11 Å². The molecule has 146 valence electrons. The molecule has 1 heterocycles. The molecule has 1 aromatic heterocycles. The molecule has 1 atom stereocenters. The summed E-state index contributed by atoms with van der Waals surface area (Å²) in [7, 11) is 0. The van der Waals surface area contributed by atoms with Gasteiger partial charge in [-0.25, -0.2) is 4.98 Å². The molecule has 2 aromatic carbocycles. The van der Waals surface area contributed by atoms with Crippen LogP contribution in [0, 0.1) is 5.92 Å². The molecule has 7 heteroatoms. The van der Waals surface area contributed by atoms with Crippen LogP contribution in [0.2, 0.25) is 10.0 Å². The van der Waals surface area contributed by atoms with Crippen LogP contribution in [-0.4, -0.2) is 27.7 Å². The van der Waals surface area contributed by atoms with Crippen molar-refractivity contribution in [2.45, 2.75) is 19.9 Å². The third-order valence-electron chi connectivity index (χ3n) is 4.31. The summed E-state index contributed by atoms with van der Waals surface area (Å²) >= 11 is 12.3. The lowest BCUT2D eigenvalue weighted by Crippen LogP contribution is -2.30.